The van der Waals surface area contributed by atoms with Crippen LogP contribution in [0.2, 0.25) is 0 Å². The van der Waals surface area contributed by atoms with Gasteiger partial charge in [0.05, 0.1) is 5.60 Å². The molecule has 0 aromatic carbocycles. The summed E-state index contributed by atoms with van der Waals surface area (Å²) in [5, 5.41) is 3.45. The van der Waals surface area contributed by atoms with Crippen molar-refractivity contribution >= 4 is 0 Å². The van der Waals surface area contributed by atoms with Gasteiger partial charge in [0.15, 0.2) is 0 Å². The highest BCUT2D eigenvalue weighted by Crippen LogP contribution is 2.28. The van der Waals surface area contributed by atoms with Crippen molar-refractivity contribution in [1.82, 2.24) is 5.32 Å². The average molecular weight is 229 g/mol. The monoisotopic (exact) mass is 229 g/mol. The summed E-state index contributed by atoms with van der Waals surface area (Å²) in [5.74, 6) is 0.676. The molecule has 16 heavy (non-hydrogen) atoms. The highest BCUT2D eigenvalue weighted by Gasteiger charge is 2.24. The van der Waals surface area contributed by atoms with Gasteiger partial charge in [-0.25, -0.2) is 0 Å². The lowest BCUT2D eigenvalue weighted by Crippen LogP contribution is -2.33. The molecule has 0 aliphatic rings. The largest absolute Gasteiger partial charge is 0.376 e. The lowest BCUT2D eigenvalue weighted by Gasteiger charge is -2.32. The lowest BCUT2D eigenvalue weighted by atomic mass is 9.79. The third kappa shape index (κ3) is 8.12. The molecule has 0 saturated carbocycles. The van der Waals surface area contributed by atoms with Crippen LogP contribution in [-0.4, -0.2) is 25.3 Å². The van der Waals surface area contributed by atoms with Crippen LogP contribution in [0.25, 0.3) is 0 Å². The first-order valence-electron chi connectivity index (χ1n) is 6.51. The van der Waals surface area contributed by atoms with Gasteiger partial charge in [0.1, 0.15) is 0 Å². The molecule has 2 nitrogen and oxygen atoms in total. The summed E-state index contributed by atoms with van der Waals surface area (Å²) < 4.78 is 5.81. The van der Waals surface area contributed by atoms with Crippen molar-refractivity contribution in [3.63, 3.8) is 0 Å². The Hall–Kier alpha value is -0.0800. The van der Waals surface area contributed by atoms with Crippen molar-refractivity contribution in [3.05, 3.63) is 0 Å². The number of ether oxygens (including phenoxy) is 1. The van der Waals surface area contributed by atoms with Gasteiger partial charge in [0.25, 0.3) is 0 Å². The van der Waals surface area contributed by atoms with Crippen LogP contribution in [0.5, 0.6) is 0 Å². The van der Waals surface area contributed by atoms with Crippen LogP contribution in [0.15, 0.2) is 0 Å². The van der Waals surface area contributed by atoms with Gasteiger partial charge < -0.3 is 10.1 Å². The first-order valence-corrected chi connectivity index (χ1v) is 6.51. The lowest BCUT2D eigenvalue weighted by molar-refractivity contribution is -0.0155. The quantitative estimate of drug-likeness (QED) is 0.753. The highest BCUT2D eigenvalue weighted by molar-refractivity contribution is 4.76. The molecule has 0 amide bonds. The van der Waals surface area contributed by atoms with Gasteiger partial charge in [-0.05, 0) is 51.6 Å². The van der Waals surface area contributed by atoms with E-state index in [-0.39, 0.29) is 5.60 Å². The van der Waals surface area contributed by atoms with Crippen LogP contribution in [0.1, 0.15) is 54.9 Å². The molecule has 1 atom stereocenters. The van der Waals surface area contributed by atoms with Crippen LogP contribution in [0, 0.1) is 11.3 Å². The molecule has 0 aromatic heterocycles. The van der Waals surface area contributed by atoms with Gasteiger partial charge in [-0.15, -0.1) is 0 Å². The molecule has 0 aliphatic heterocycles. The molecule has 2 heteroatoms. The van der Waals surface area contributed by atoms with Crippen LogP contribution in [-0.2, 0) is 4.74 Å². The summed E-state index contributed by atoms with van der Waals surface area (Å²) in [6.07, 6.45) is 1.13. The minimum Gasteiger partial charge on any atom is -0.376 e. The van der Waals surface area contributed by atoms with Gasteiger partial charge in [-0.3, -0.25) is 0 Å². The summed E-state index contributed by atoms with van der Waals surface area (Å²) in [6.45, 7) is 18.4. The molecule has 0 aromatic rings. The molecule has 0 aliphatic carbocycles. The Labute approximate surface area is 102 Å². The van der Waals surface area contributed by atoms with Crippen LogP contribution in [0.4, 0.5) is 0 Å². The fraction of sp³-hybridized carbons (Fsp3) is 1.00. The highest BCUT2D eigenvalue weighted by atomic mass is 16.5. The topological polar surface area (TPSA) is 21.3 Å². The van der Waals surface area contributed by atoms with E-state index in [0.29, 0.717) is 11.3 Å². The summed E-state index contributed by atoms with van der Waals surface area (Å²) in [5.41, 5.74) is 0.337. The molecule has 1 unspecified atom stereocenters. The zero-order valence-electron chi connectivity index (χ0n) is 12.3. The first kappa shape index (κ1) is 15.9. The van der Waals surface area contributed by atoms with Gasteiger partial charge in [0.2, 0.25) is 0 Å². The molecule has 0 spiro atoms. The van der Waals surface area contributed by atoms with Crippen molar-refractivity contribution in [2.75, 3.05) is 19.7 Å². The Morgan fingerprint density at radius 1 is 1.06 bits per heavy atom. The summed E-state index contributed by atoms with van der Waals surface area (Å²) in [4.78, 5) is 0. The average Bonchev–Trinajstić information content (AvgIpc) is 2.06. The SMILES string of the molecule is CCNCC(CCOC(C)(C)C)C(C)(C)C. The fourth-order valence-electron chi connectivity index (χ4n) is 1.67. The molecule has 0 saturated heterocycles. The Morgan fingerprint density at radius 2 is 1.62 bits per heavy atom. The van der Waals surface area contributed by atoms with Gasteiger partial charge in [0, 0.05) is 6.61 Å². The number of hydrogen-bond donors (Lipinski definition) is 1. The Bertz CT molecular complexity index is 176. The van der Waals surface area contributed by atoms with E-state index in [1.54, 1.807) is 0 Å². The second kappa shape index (κ2) is 6.61. The van der Waals surface area contributed by atoms with Gasteiger partial charge >= 0.3 is 0 Å². The van der Waals surface area contributed by atoms with E-state index >= 15 is 0 Å². The van der Waals surface area contributed by atoms with Crippen molar-refractivity contribution < 1.29 is 4.74 Å². The predicted molar refractivity (Wildman–Crippen MR) is 71.8 cm³/mol. The zero-order chi connectivity index (χ0) is 12.8. The molecule has 0 bridgehead atoms. The maximum Gasteiger partial charge on any atom is 0.0598 e. The molecular formula is C14H31NO. The number of nitrogens with one attached hydrogen (secondary N) is 1. The minimum atomic E-state index is -0.0133. The smallest absolute Gasteiger partial charge is 0.0598 e. The number of hydrogen-bond acceptors (Lipinski definition) is 2. The molecule has 0 heterocycles. The van der Waals surface area contributed by atoms with Crippen molar-refractivity contribution in [2.24, 2.45) is 11.3 Å². The molecule has 98 valence electrons. The van der Waals surface area contributed by atoms with E-state index in [4.69, 9.17) is 4.74 Å². The normalized spacial score (nSPS) is 15.2. The van der Waals surface area contributed by atoms with Crippen LogP contribution in [0.3, 0.4) is 0 Å². The van der Waals surface area contributed by atoms with Crippen molar-refractivity contribution in [1.29, 1.82) is 0 Å². The van der Waals surface area contributed by atoms with E-state index in [2.05, 4.69) is 53.8 Å². The molecule has 1 N–H and O–H groups in total. The van der Waals surface area contributed by atoms with Crippen molar-refractivity contribution in [3.8, 4) is 0 Å². The Kier molecular flexibility index (Phi) is 6.57. The van der Waals surface area contributed by atoms with E-state index in [1.165, 1.54) is 0 Å². The molecule has 0 radical (unpaired) electrons. The minimum absolute atomic E-state index is 0.0133. The van der Waals surface area contributed by atoms with Gasteiger partial charge in [-0.1, -0.05) is 27.7 Å². The van der Waals surface area contributed by atoms with E-state index in [0.717, 1.165) is 26.1 Å². The van der Waals surface area contributed by atoms with E-state index < -0.39 is 0 Å². The fourth-order valence-corrected chi connectivity index (χ4v) is 1.67. The predicted octanol–water partition coefficient (Wildman–Crippen LogP) is 3.46. The maximum absolute atomic E-state index is 5.81. The van der Waals surface area contributed by atoms with Gasteiger partial charge in [-0.2, -0.15) is 0 Å². The standard InChI is InChI=1S/C14H31NO/c1-8-15-11-12(13(2,3)4)9-10-16-14(5,6)7/h12,15H,8-11H2,1-7H3. The summed E-state index contributed by atoms with van der Waals surface area (Å²) in [7, 11) is 0. The van der Waals surface area contributed by atoms with E-state index in [9.17, 15) is 0 Å². The summed E-state index contributed by atoms with van der Waals surface area (Å²) >= 11 is 0. The molecule has 0 rings (SSSR count). The zero-order valence-corrected chi connectivity index (χ0v) is 12.3. The Morgan fingerprint density at radius 3 is 2.00 bits per heavy atom. The Balaban J connectivity index is 4.03. The number of rotatable bonds is 6. The third-order valence-electron chi connectivity index (χ3n) is 2.87. The maximum atomic E-state index is 5.81. The van der Waals surface area contributed by atoms with E-state index in [1.807, 2.05) is 0 Å². The first-order chi connectivity index (χ1) is 7.17. The third-order valence-corrected chi connectivity index (χ3v) is 2.87. The molecule has 0 fully saturated rings. The van der Waals surface area contributed by atoms with Crippen LogP contribution >= 0.6 is 0 Å². The molecular weight excluding hydrogens is 198 g/mol. The second-order valence-electron chi connectivity index (χ2n) is 6.62. The summed E-state index contributed by atoms with van der Waals surface area (Å²) in [6, 6.07) is 0. The van der Waals surface area contributed by atoms with Crippen LogP contribution < -0.4 is 5.32 Å². The second-order valence-corrected chi connectivity index (χ2v) is 6.62. The van der Waals surface area contributed by atoms with Crippen molar-refractivity contribution in [2.45, 2.75) is 60.5 Å².